The molecule has 0 heterocycles. The average molecular weight is 273 g/mol. The summed E-state index contributed by atoms with van der Waals surface area (Å²) in [7, 11) is -3.63. The Balaban J connectivity index is 2.76. The van der Waals surface area contributed by atoms with Crippen LogP contribution in [0.25, 0.3) is 0 Å². The predicted molar refractivity (Wildman–Crippen MR) is 66.6 cm³/mol. The van der Waals surface area contributed by atoms with E-state index in [4.69, 9.17) is 5.73 Å². The summed E-state index contributed by atoms with van der Waals surface area (Å²) in [6.45, 7) is 2.01. The maximum Gasteiger partial charge on any atom is 0.269 e. The fourth-order valence-electron chi connectivity index (χ4n) is 1.25. The normalized spacial score (nSPS) is 13.2. The Morgan fingerprint density at radius 2 is 1.94 bits per heavy atom. The number of hydrogen-bond acceptors (Lipinski definition) is 5. The Hall–Kier alpha value is -1.51. The number of nitro groups is 1. The van der Waals surface area contributed by atoms with Crippen LogP contribution >= 0.6 is 0 Å². The Labute approximate surface area is 105 Å². The van der Waals surface area contributed by atoms with Crippen LogP contribution in [0.4, 0.5) is 5.69 Å². The first-order valence-electron chi connectivity index (χ1n) is 5.32. The van der Waals surface area contributed by atoms with E-state index in [1.165, 1.54) is 12.1 Å². The van der Waals surface area contributed by atoms with Crippen LogP contribution in [0.2, 0.25) is 0 Å². The molecule has 0 saturated carbocycles. The highest BCUT2D eigenvalue weighted by Crippen LogP contribution is 2.15. The van der Waals surface area contributed by atoms with Crippen LogP contribution in [0.5, 0.6) is 0 Å². The molecule has 1 atom stereocenters. The number of non-ortho nitro benzene ring substituents is 1. The predicted octanol–water partition coefficient (Wildman–Crippen LogP) is 0.610. The summed E-state index contributed by atoms with van der Waals surface area (Å²) in [5.41, 5.74) is 5.36. The summed E-state index contributed by atoms with van der Waals surface area (Å²) in [5, 5.41) is 10.4. The molecule has 100 valence electrons. The van der Waals surface area contributed by atoms with Gasteiger partial charge in [-0.15, -0.1) is 0 Å². The highest BCUT2D eigenvalue weighted by atomic mass is 32.2. The van der Waals surface area contributed by atoms with E-state index in [-0.39, 0.29) is 23.2 Å². The SMILES string of the molecule is C[C@@H](N)CCNS(=O)(=O)c1ccc([N+](=O)[O-])cc1. The Kier molecular flexibility index (Phi) is 4.76. The summed E-state index contributed by atoms with van der Waals surface area (Å²) in [4.78, 5) is 9.85. The van der Waals surface area contributed by atoms with Gasteiger partial charge >= 0.3 is 0 Å². The molecule has 0 bridgehead atoms. The van der Waals surface area contributed by atoms with E-state index < -0.39 is 14.9 Å². The summed E-state index contributed by atoms with van der Waals surface area (Å²) >= 11 is 0. The summed E-state index contributed by atoms with van der Waals surface area (Å²) < 4.78 is 25.9. The molecule has 8 heteroatoms. The van der Waals surface area contributed by atoms with Gasteiger partial charge in [-0.25, -0.2) is 13.1 Å². The fourth-order valence-corrected chi connectivity index (χ4v) is 2.30. The van der Waals surface area contributed by atoms with Crippen molar-refractivity contribution in [3.8, 4) is 0 Å². The zero-order valence-electron chi connectivity index (χ0n) is 9.87. The van der Waals surface area contributed by atoms with Gasteiger partial charge < -0.3 is 5.73 Å². The molecule has 1 aromatic carbocycles. The van der Waals surface area contributed by atoms with Crippen LogP contribution < -0.4 is 10.5 Å². The number of sulfonamides is 1. The lowest BCUT2D eigenvalue weighted by atomic mass is 10.3. The third-order valence-corrected chi connectivity index (χ3v) is 3.73. The first-order chi connectivity index (χ1) is 8.33. The first-order valence-corrected chi connectivity index (χ1v) is 6.81. The first kappa shape index (κ1) is 14.6. The van der Waals surface area contributed by atoms with Crippen LogP contribution in [0.3, 0.4) is 0 Å². The average Bonchev–Trinajstić information content (AvgIpc) is 2.28. The molecule has 0 amide bonds. The van der Waals surface area contributed by atoms with Crippen molar-refractivity contribution in [1.82, 2.24) is 4.72 Å². The minimum absolute atomic E-state index is 0.00206. The van der Waals surface area contributed by atoms with E-state index in [2.05, 4.69) is 4.72 Å². The molecule has 0 saturated heterocycles. The van der Waals surface area contributed by atoms with Gasteiger partial charge in [0.25, 0.3) is 5.69 Å². The Morgan fingerprint density at radius 3 is 2.39 bits per heavy atom. The van der Waals surface area contributed by atoms with Crippen molar-refractivity contribution < 1.29 is 13.3 Å². The number of nitrogens with one attached hydrogen (secondary N) is 1. The van der Waals surface area contributed by atoms with Gasteiger partial charge in [0.1, 0.15) is 0 Å². The van der Waals surface area contributed by atoms with Gasteiger partial charge in [0.2, 0.25) is 10.0 Å². The van der Waals surface area contributed by atoms with Crippen molar-refractivity contribution in [1.29, 1.82) is 0 Å². The van der Waals surface area contributed by atoms with Crippen LogP contribution in [0.1, 0.15) is 13.3 Å². The number of benzene rings is 1. The third-order valence-electron chi connectivity index (χ3n) is 2.25. The van der Waals surface area contributed by atoms with Crippen LogP contribution in [0.15, 0.2) is 29.2 Å². The molecule has 0 aliphatic heterocycles. The zero-order valence-corrected chi connectivity index (χ0v) is 10.7. The molecule has 0 radical (unpaired) electrons. The van der Waals surface area contributed by atoms with Gasteiger partial charge in [-0.2, -0.15) is 0 Å². The molecule has 0 unspecified atom stereocenters. The van der Waals surface area contributed by atoms with E-state index in [1.807, 2.05) is 0 Å². The van der Waals surface area contributed by atoms with Crippen LogP contribution in [-0.2, 0) is 10.0 Å². The van der Waals surface area contributed by atoms with Gasteiger partial charge in [-0.1, -0.05) is 0 Å². The lowest BCUT2D eigenvalue weighted by Gasteiger charge is -2.08. The maximum absolute atomic E-state index is 11.8. The molecule has 0 spiro atoms. The minimum Gasteiger partial charge on any atom is -0.328 e. The Bertz CT molecular complexity index is 510. The molecule has 1 rings (SSSR count). The lowest BCUT2D eigenvalue weighted by Crippen LogP contribution is -2.29. The molecular formula is C10H15N3O4S. The molecule has 3 N–H and O–H groups in total. The standard InChI is InChI=1S/C10H15N3O4S/c1-8(11)6-7-12-18(16,17)10-4-2-9(3-5-10)13(14)15/h2-5,8,12H,6-7,11H2,1H3/t8-/m1/s1. The number of hydrogen-bond donors (Lipinski definition) is 2. The number of nitrogens with two attached hydrogens (primary N) is 1. The van der Waals surface area contributed by atoms with E-state index in [0.717, 1.165) is 12.1 Å². The minimum atomic E-state index is -3.63. The molecule has 0 aromatic heterocycles. The number of rotatable bonds is 6. The molecule has 0 aliphatic rings. The number of nitrogens with zero attached hydrogens (tertiary/aromatic N) is 1. The molecule has 7 nitrogen and oxygen atoms in total. The van der Waals surface area contributed by atoms with Gasteiger partial charge in [0, 0.05) is 24.7 Å². The van der Waals surface area contributed by atoms with Crippen molar-refractivity contribution in [3.63, 3.8) is 0 Å². The van der Waals surface area contributed by atoms with Crippen LogP contribution in [-0.4, -0.2) is 25.9 Å². The second-order valence-corrected chi connectivity index (χ2v) is 5.68. The lowest BCUT2D eigenvalue weighted by molar-refractivity contribution is -0.384. The second kappa shape index (κ2) is 5.89. The van der Waals surface area contributed by atoms with E-state index in [1.54, 1.807) is 6.92 Å². The van der Waals surface area contributed by atoms with Crippen molar-refractivity contribution in [2.75, 3.05) is 6.54 Å². The molecule has 1 aromatic rings. The topological polar surface area (TPSA) is 115 Å². The smallest absolute Gasteiger partial charge is 0.269 e. The quantitative estimate of drug-likeness (QED) is 0.582. The largest absolute Gasteiger partial charge is 0.328 e. The van der Waals surface area contributed by atoms with Crippen molar-refractivity contribution in [2.45, 2.75) is 24.3 Å². The highest BCUT2D eigenvalue weighted by molar-refractivity contribution is 7.89. The van der Waals surface area contributed by atoms with Crippen molar-refractivity contribution in [2.24, 2.45) is 5.73 Å². The summed E-state index contributed by atoms with van der Waals surface area (Å²) in [6.07, 6.45) is 0.520. The monoisotopic (exact) mass is 273 g/mol. The summed E-state index contributed by atoms with van der Waals surface area (Å²) in [6, 6.07) is 4.61. The van der Waals surface area contributed by atoms with E-state index in [9.17, 15) is 18.5 Å². The van der Waals surface area contributed by atoms with Crippen molar-refractivity contribution >= 4 is 15.7 Å². The van der Waals surface area contributed by atoms with E-state index in [0.29, 0.717) is 6.42 Å². The zero-order chi connectivity index (χ0) is 13.8. The molecular weight excluding hydrogens is 258 g/mol. The fraction of sp³-hybridized carbons (Fsp3) is 0.400. The van der Waals surface area contributed by atoms with Gasteiger partial charge in [0.15, 0.2) is 0 Å². The molecule has 18 heavy (non-hydrogen) atoms. The van der Waals surface area contributed by atoms with Gasteiger partial charge in [0.05, 0.1) is 9.82 Å². The van der Waals surface area contributed by atoms with E-state index >= 15 is 0 Å². The number of nitro benzene ring substituents is 1. The van der Waals surface area contributed by atoms with Crippen molar-refractivity contribution in [3.05, 3.63) is 34.4 Å². The van der Waals surface area contributed by atoms with Crippen LogP contribution in [0, 0.1) is 10.1 Å². The molecule has 0 aliphatic carbocycles. The highest BCUT2D eigenvalue weighted by Gasteiger charge is 2.15. The maximum atomic E-state index is 11.8. The Morgan fingerprint density at radius 1 is 1.39 bits per heavy atom. The molecule has 0 fully saturated rings. The van der Waals surface area contributed by atoms with Gasteiger partial charge in [-0.3, -0.25) is 10.1 Å². The van der Waals surface area contributed by atoms with Gasteiger partial charge in [-0.05, 0) is 25.5 Å². The third kappa shape index (κ3) is 4.06. The summed E-state index contributed by atoms with van der Waals surface area (Å²) in [5.74, 6) is 0. The second-order valence-electron chi connectivity index (χ2n) is 3.91.